The number of hydrogen-bond acceptors (Lipinski definition) is 6. The van der Waals surface area contributed by atoms with Crippen LogP contribution in [0, 0.1) is 0 Å². The van der Waals surface area contributed by atoms with Crippen LogP contribution in [0.25, 0.3) is 11.2 Å². The van der Waals surface area contributed by atoms with Crippen molar-refractivity contribution in [1.29, 1.82) is 0 Å². The van der Waals surface area contributed by atoms with E-state index in [1.54, 1.807) is 13.4 Å². The molecule has 1 fully saturated rings. The van der Waals surface area contributed by atoms with Gasteiger partial charge >= 0.3 is 0 Å². The van der Waals surface area contributed by atoms with Gasteiger partial charge in [0, 0.05) is 13.7 Å². The minimum Gasteiger partial charge on any atom is -0.379 e. The lowest BCUT2D eigenvalue weighted by Gasteiger charge is -2.20. The maximum atomic E-state index is 5.52. The summed E-state index contributed by atoms with van der Waals surface area (Å²) < 4.78 is 5.52. The zero-order valence-electron chi connectivity index (χ0n) is 11.8. The number of nitrogens with one attached hydrogen (secondary N) is 3. The van der Waals surface area contributed by atoms with Gasteiger partial charge in [0.15, 0.2) is 11.5 Å². The number of fused-ring (bicyclic) bond motifs is 1. The van der Waals surface area contributed by atoms with Gasteiger partial charge in [-0.1, -0.05) is 0 Å². The summed E-state index contributed by atoms with van der Waals surface area (Å²) in [5.74, 6) is 1.39. The first kappa shape index (κ1) is 13.1. The number of nitrogens with zero attached hydrogens (tertiary/aromatic N) is 3. The van der Waals surface area contributed by atoms with Gasteiger partial charge in [-0.2, -0.15) is 9.97 Å². The van der Waals surface area contributed by atoms with Gasteiger partial charge in [0.2, 0.25) is 5.95 Å². The molecular weight excluding hydrogens is 256 g/mol. The Morgan fingerprint density at radius 1 is 1.40 bits per heavy atom. The summed E-state index contributed by atoms with van der Waals surface area (Å²) in [7, 11) is 1.76. The molecule has 2 atom stereocenters. The van der Waals surface area contributed by atoms with Crippen LogP contribution >= 0.6 is 0 Å². The Hall–Kier alpha value is -1.89. The Morgan fingerprint density at radius 2 is 2.30 bits per heavy atom. The topological polar surface area (TPSA) is 87.8 Å². The summed E-state index contributed by atoms with van der Waals surface area (Å²) in [4.78, 5) is 16.2. The molecule has 2 aromatic rings. The highest BCUT2D eigenvalue weighted by Crippen LogP contribution is 2.27. The summed E-state index contributed by atoms with van der Waals surface area (Å²) >= 11 is 0. The molecule has 7 heteroatoms. The quantitative estimate of drug-likeness (QED) is 0.771. The third-order valence-electron chi connectivity index (χ3n) is 3.70. The van der Waals surface area contributed by atoms with E-state index in [9.17, 15) is 0 Å². The second-order valence-corrected chi connectivity index (χ2v) is 4.98. The fourth-order valence-electron chi connectivity index (χ4n) is 2.72. The van der Waals surface area contributed by atoms with Crippen LogP contribution in [0.3, 0.4) is 0 Å². The number of aromatic amines is 1. The van der Waals surface area contributed by atoms with Crippen LogP contribution < -0.4 is 10.6 Å². The Kier molecular flexibility index (Phi) is 3.68. The molecule has 0 spiro atoms. The SMILES string of the molecule is CCNc1nc(NC2CCCC2OC)c2[nH]cnc2n1. The highest BCUT2D eigenvalue weighted by Gasteiger charge is 2.28. The van der Waals surface area contributed by atoms with Crippen LogP contribution in [-0.4, -0.2) is 45.7 Å². The van der Waals surface area contributed by atoms with Gasteiger partial charge in [0.1, 0.15) is 5.52 Å². The Balaban J connectivity index is 1.90. The molecule has 3 rings (SSSR count). The van der Waals surface area contributed by atoms with Crippen molar-refractivity contribution in [2.45, 2.75) is 38.3 Å². The normalized spacial score (nSPS) is 22.3. The van der Waals surface area contributed by atoms with E-state index in [4.69, 9.17) is 4.74 Å². The van der Waals surface area contributed by atoms with Crippen molar-refractivity contribution >= 4 is 22.9 Å². The largest absolute Gasteiger partial charge is 0.379 e. The predicted octanol–water partition coefficient (Wildman–Crippen LogP) is 1.76. The van der Waals surface area contributed by atoms with Crippen LogP contribution in [0.5, 0.6) is 0 Å². The summed E-state index contributed by atoms with van der Waals surface area (Å²) in [6, 6.07) is 0.288. The fraction of sp³-hybridized carbons (Fsp3) is 0.615. The average molecular weight is 276 g/mol. The number of ether oxygens (including phenoxy) is 1. The first-order valence-corrected chi connectivity index (χ1v) is 7.06. The summed E-state index contributed by atoms with van der Waals surface area (Å²) in [5.41, 5.74) is 1.51. The molecule has 7 nitrogen and oxygen atoms in total. The molecule has 1 aliphatic carbocycles. The van der Waals surface area contributed by atoms with E-state index < -0.39 is 0 Å². The van der Waals surface area contributed by atoms with Crippen LogP contribution in [-0.2, 0) is 4.74 Å². The molecule has 0 amide bonds. The van der Waals surface area contributed by atoms with E-state index in [0.29, 0.717) is 11.6 Å². The second-order valence-electron chi connectivity index (χ2n) is 4.98. The lowest BCUT2D eigenvalue weighted by Crippen LogP contribution is -2.30. The lowest BCUT2D eigenvalue weighted by atomic mass is 10.2. The highest BCUT2D eigenvalue weighted by molar-refractivity contribution is 5.83. The van der Waals surface area contributed by atoms with E-state index in [0.717, 1.165) is 30.7 Å². The average Bonchev–Trinajstić information content (AvgIpc) is 3.07. The number of methoxy groups -OCH3 is 1. The third-order valence-corrected chi connectivity index (χ3v) is 3.70. The molecule has 20 heavy (non-hydrogen) atoms. The zero-order chi connectivity index (χ0) is 13.9. The standard InChI is InChI=1S/C13H20N6O/c1-3-14-13-18-11-10(15-7-16-11)12(19-13)17-8-5-4-6-9(8)20-2/h7-9H,3-6H2,1-2H3,(H3,14,15,16,17,18,19). The van der Waals surface area contributed by atoms with Crippen molar-refractivity contribution in [3.05, 3.63) is 6.33 Å². The van der Waals surface area contributed by atoms with Crippen LogP contribution in [0.4, 0.5) is 11.8 Å². The number of H-pyrrole nitrogens is 1. The molecule has 2 unspecified atom stereocenters. The molecule has 1 saturated carbocycles. The van der Waals surface area contributed by atoms with Crippen molar-refractivity contribution in [3.63, 3.8) is 0 Å². The number of aromatic nitrogens is 4. The van der Waals surface area contributed by atoms with Gasteiger partial charge in [-0.15, -0.1) is 0 Å². The lowest BCUT2D eigenvalue weighted by molar-refractivity contribution is 0.101. The van der Waals surface area contributed by atoms with E-state index in [2.05, 4.69) is 30.6 Å². The van der Waals surface area contributed by atoms with Gasteiger partial charge in [-0.05, 0) is 26.2 Å². The minimum atomic E-state index is 0.241. The van der Waals surface area contributed by atoms with Gasteiger partial charge in [0.25, 0.3) is 0 Å². The number of anilines is 2. The van der Waals surface area contributed by atoms with Crippen molar-refractivity contribution in [3.8, 4) is 0 Å². The first-order valence-electron chi connectivity index (χ1n) is 7.06. The van der Waals surface area contributed by atoms with E-state index >= 15 is 0 Å². The molecule has 0 aromatic carbocycles. The van der Waals surface area contributed by atoms with E-state index in [-0.39, 0.29) is 12.1 Å². The fourth-order valence-corrected chi connectivity index (χ4v) is 2.72. The van der Waals surface area contributed by atoms with Crippen LogP contribution in [0.15, 0.2) is 6.33 Å². The molecule has 1 aliphatic rings. The van der Waals surface area contributed by atoms with Crippen molar-refractivity contribution < 1.29 is 4.74 Å². The molecule has 3 N–H and O–H groups in total. The first-order chi connectivity index (χ1) is 9.81. The Morgan fingerprint density at radius 3 is 3.10 bits per heavy atom. The van der Waals surface area contributed by atoms with Crippen LogP contribution in [0.1, 0.15) is 26.2 Å². The van der Waals surface area contributed by atoms with Crippen molar-refractivity contribution in [1.82, 2.24) is 19.9 Å². The van der Waals surface area contributed by atoms with Crippen LogP contribution in [0.2, 0.25) is 0 Å². The van der Waals surface area contributed by atoms with Crippen molar-refractivity contribution in [2.24, 2.45) is 0 Å². The predicted molar refractivity (Wildman–Crippen MR) is 77.9 cm³/mol. The third kappa shape index (κ3) is 2.40. The molecule has 0 saturated heterocycles. The zero-order valence-corrected chi connectivity index (χ0v) is 11.8. The molecular formula is C13H20N6O. The summed E-state index contributed by atoms with van der Waals surface area (Å²) in [6.07, 6.45) is 5.24. The molecule has 2 aromatic heterocycles. The van der Waals surface area contributed by atoms with Gasteiger partial charge in [-0.25, -0.2) is 4.98 Å². The number of rotatable bonds is 5. The van der Waals surface area contributed by atoms with Gasteiger partial charge in [0.05, 0.1) is 18.5 Å². The molecule has 0 bridgehead atoms. The molecule has 0 aliphatic heterocycles. The number of hydrogen-bond donors (Lipinski definition) is 3. The van der Waals surface area contributed by atoms with Crippen molar-refractivity contribution in [2.75, 3.05) is 24.3 Å². The van der Waals surface area contributed by atoms with E-state index in [1.807, 2.05) is 6.92 Å². The minimum absolute atomic E-state index is 0.241. The van der Waals surface area contributed by atoms with E-state index in [1.165, 1.54) is 6.42 Å². The van der Waals surface area contributed by atoms with Gasteiger partial charge in [-0.3, -0.25) is 0 Å². The Bertz CT molecular complexity index is 583. The number of imidazole rings is 1. The smallest absolute Gasteiger partial charge is 0.226 e. The summed E-state index contributed by atoms with van der Waals surface area (Å²) in [5, 5.41) is 6.62. The van der Waals surface area contributed by atoms with Gasteiger partial charge < -0.3 is 20.4 Å². The second kappa shape index (κ2) is 5.62. The molecule has 0 radical (unpaired) electrons. The molecule has 2 heterocycles. The maximum Gasteiger partial charge on any atom is 0.226 e. The summed E-state index contributed by atoms with van der Waals surface area (Å²) in [6.45, 7) is 2.79. The monoisotopic (exact) mass is 276 g/mol. The highest BCUT2D eigenvalue weighted by atomic mass is 16.5. The molecule has 108 valence electrons. The Labute approximate surface area is 117 Å². The maximum absolute atomic E-state index is 5.52.